The van der Waals surface area contributed by atoms with Crippen molar-refractivity contribution in [3.63, 3.8) is 0 Å². The summed E-state index contributed by atoms with van der Waals surface area (Å²) in [6, 6.07) is 8.37. The maximum atomic E-state index is 4.36. The third-order valence-corrected chi connectivity index (χ3v) is 2.65. The van der Waals surface area contributed by atoms with E-state index in [1.807, 2.05) is 18.5 Å². The fourth-order valence-electron chi connectivity index (χ4n) is 1.89. The summed E-state index contributed by atoms with van der Waals surface area (Å²) in [5.74, 6) is 0. The molecule has 0 amide bonds. The van der Waals surface area contributed by atoms with E-state index in [4.69, 9.17) is 0 Å². The maximum absolute atomic E-state index is 4.36. The van der Waals surface area contributed by atoms with E-state index in [1.54, 1.807) is 0 Å². The molecule has 2 aromatic heterocycles. The van der Waals surface area contributed by atoms with Crippen molar-refractivity contribution in [3.8, 4) is 0 Å². The molecular formula is C12H10N2. The molecule has 0 fully saturated rings. The minimum Gasteiger partial charge on any atom is -0.359 e. The van der Waals surface area contributed by atoms with E-state index in [-0.39, 0.29) is 0 Å². The van der Waals surface area contributed by atoms with E-state index in [9.17, 15) is 0 Å². The molecule has 0 spiro atoms. The van der Waals surface area contributed by atoms with Gasteiger partial charge in [0, 0.05) is 23.2 Å². The van der Waals surface area contributed by atoms with Crippen LogP contribution in [-0.2, 0) is 0 Å². The second-order valence-electron chi connectivity index (χ2n) is 3.53. The smallest absolute Gasteiger partial charge is 0.0943 e. The Morgan fingerprint density at radius 3 is 3.00 bits per heavy atom. The number of benzene rings is 1. The Kier molecular flexibility index (Phi) is 1.39. The zero-order chi connectivity index (χ0) is 9.54. The first kappa shape index (κ1) is 7.56. The SMILES string of the molecule is Cc1cc[nH]c2c1ccc1ccnc12. The fourth-order valence-corrected chi connectivity index (χ4v) is 1.89. The predicted molar refractivity (Wildman–Crippen MR) is 58.3 cm³/mol. The van der Waals surface area contributed by atoms with Gasteiger partial charge in [-0.25, -0.2) is 0 Å². The van der Waals surface area contributed by atoms with E-state index >= 15 is 0 Å². The first-order chi connectivity index (χ1) is 6.86. The Hall–Kier alpha value is -1.83. The van der Waals surface area contributed by atoms with Crippen molar-refractivity contribution in [2.24, 2.45) is 0 Å². The van der Waals surface area contributed by atoms with Crippen LogP contribution in [0.3, 0.4) is 0 Å². The van der Waals surface area contributed by atoms with Gasteiger partial charge in [0.05, 0.1) is 11.0 Å². The van der Waals surface area contributed by atoms with Crippen LogP contribution in [0.4, 0.5) is 0 Å². The van der Waals surface area contributed by atoms with Crippen molar-refractivity contribution in [1.29, 1.82) is 0 Å². The Morgan fingerprint density at radius 2 is 2.07 bits per heavy atom. The average Bonchev–Trinajstić information content (AvgIpc) is 2.66. The molecule has 0 radical (unpaired) electrons. The maximum Gasteiger partial charge on any atom is 0.0943 e. The minimum atomic E-state index is 1.06. The second-order valence-corrected chi connectivity index (χ2v) is 3.53. The van der Waals surface area contributed by atoms with Gasteiger partial charge in [-0.2, -0.15) is 0 Å². The van der Waals surface area contributed by atoms with Gasteiger partial charge in [-0.1, -0.05) is 12.1 Å². The number of aromatic amines is 1. The average molecular weight is 182 g/mol. The first-order valence-corrected chi connectivity index (χ1v) is 4.68. The third-order valence-electron chi connectivity index (χ3n) is 2.65. The Morgan fingerprint density at radius 1 is 1.14 bits per heavy atom. The van der Waals surface area contributed by atoms with Crippen molar-refractivity contribution in [2.75, 3.05) is 0 Å². The molecule has 14 heavy (non-hydrogen) atoms. The number of aryl methyl sites for hydroxylation is 1. The number of aromatic nitrogens is 2. The number of hydrogen-bond acceptors (Lipinski definition) is 1. The number of nitrogens with zero attached hydrogens (tertiary/aromatic N) is 1. The standard InChI is InChI=1S/C12H10N2/c1-8-4-6-14-12-10(8)3-2-9-5-7-13-11(9)12/h2-7,14H,1H3. The van der Waals surface area contributed by atoms with Crippen LogP contribution in [0, 0.1) is 6.92 Å². The summed E-state index contributed by atoms with van der Waals surface area (Å²) in [5, 5.41) is 2.44. The largest absolute Gasteiger partial charge is 0.359 e. The van der Waals surface area contributed by atoms with Gasteiger partial charge in [-0.05, 0) is 24.6 Å². The molecule has 1 N–H and O–H groups in total. The lowest BCUT2D eigenvalue weighted by molar-refractivity contribution is 1.37. The highest BCUT2D eigenvalue weighted by Gasteiger charge is 2.03. The molecule has 2 heterocycles. The third kappa shape index (κ3) is 0.880. The van der Waals surface area contributed by atoms with Crippen molar-refractivity contribution in [2.45, 2.75) is 6.92 Å². The van der Waals surface area contributed by atoms with Crippen molar-refractivity contribution >= 4 is 21.8 Å². The van der Waals surface area contributed by atoms with E-state index in [0.717, 1.165) is 11.0 Å². The quantitative estimate of drug-likeness (QED) is 0.568. The van der Waals surface area contributed by atoms with Gasteiger partial charge in [0.15, 0.2) is 0 Å². The summed E-state index contributed by atoms with van der Waals surface area (Å²) in [5.41, 5.74) is 3.47. The lowest BCUT2D eigenvalue weighted by atomic mass is 10.1. The van der Waals surface area contributed by atoms with Gasteiger partial charge < -0.3 is 4.98 Å². The molecule has 1 aromatic carbocycles. The highest BCUT2D eigenvalue weighted by Crippen LogP contribution is 2.23. The van der Waals surface area contributed by atoms with E-state index in [2.05, 4.69) is 35.1 Å². The molecule has 0 bridgehead atoms. The van der Waals surface area contributed by atoms with E-state index in [0.29, 0.717) is 0 Å². The van der Waals surface area contributed by atoms with Crippen LogP contribution >= 0.6 is 0 Å². The minimum absolute atomic E-state index is 1.06. The van der Waals surface area contributed by atoms with Crippen LogP contribution < -0.4 is 0 Å². The van der Waals surface area contributed by atoms with Gasteiger partial charge in [0.25, 0.3) is 0 Å². The van der Waals surface area contributed by atoms with Crippen LogP contribution in [0.25, 0.3) is 21.8 Å². The Bertz CT molecular complexity index is 608. The Balaban J connectivity index is 2.64. The van der Waals surface area contributed by atoms with Crippen LogP contribution in [-0.4, -0.2) is 9.97 Å². The van der Waals surface area contributed by atoms with Gasteiger partial charge in [0.1, 0.15) is 0 Å². The number of fused-ring (bicyclic) bond motifs is 3. The summed E-state index contributed by atoms with van der Waals surface area (Å²) >= 11 is 0. The van der Waals surface area contributed by atoms with Gasteiger partial charge in [-0.3, -0.25) is 4.98 Å². The lowest BCUT2D eigenvalue weighted by Crippen LogP contribution is -1.83. The zero-order valence-electron chi connectivity index (χ0n) is 7.91. The van der Waals surface area contributed by atoms with E-state index < -0.39 is 0 Å². The van der Waals surface area contributed by atoms with E-state index in [1.165, 1.54) is 16.3 Å². The molecule has 0 aliphatic rings. The molecule has 0 atom stereocenters. The molecule has 68 valence electrons. The van der Waals surface area contributed by atoms with Crippen LogP contribution in [0.15, 0.2) is 36.7 Å². The van der Waals surface area contributed by atoms with Crippen LogP contribution in [0.1, 0.15) is 5.56 Å². The van der Waals surface area contributed by atoms with Crippen LogP contribution in [0.2, 0.25) is 0 Å². The van der Waals surface area contributed by atoms with Gasteiger partial charge in [0.2, 0.25) is 0 Å². The predicted octanol–water partition coefficient (Wildman–Crippen LogP) is 3.02. The molecular weight excluding hydrogens is 172 g/mol. The molecule has 0 aliphatic carbocycles. The molecule has 2 heteroatoms. The highest BCUT2D eigenvalue weighted by molar-refractivity contribution is 6.03. The molecule has 3 aromatic rings. The summed E-state index contributed by atoms with van der Waals surface area (Å²) in [6.45, 7) is 2.12. The lowest BCUT2D eigenvalue weighted by Gasteiger charge is -2.02. The number of rotatable bonds is 0. The second kappa shape index (κ2) is 2.58. The summed E-state index contributed by atoms with van der Waals surface area (Å²) in [6.07, 6.45) is 3.81. The molecule has 0 aliphatic heterocycles. The highest BCUT2D eigenvalue weighted by atomic mass is 14.7. The molecule has 0 saturated heterocycles. The summed E-state index contributed by atoms with van der Waals surface area (Å²) in [7, 11) is 0. The van der Waals surface area contributed by atoms with Gasteiger partial charge >= 0.3 is 0 Å². The number of hydrogen-bond donors (Lipinski definition) is 1. The zero-order valence-corrected chi connectivity index (χ0v) is 7.91. The first-order valence-electron chi connectivity index (χ1n) is 4.68. The molecule has 0 saturated carbocycles. The number of pyridine rings is 1. The van der Waals surface area contributed by atoms with Crippen LogP contribution in [0.5, 0.6) is 0 Å². The normalized spacial score (nSPS) is 11.2. The summed E-state index contributed by atoms with van der Waals surface area (Å²) < 4.78 is 0. The topological polar surface area (TPSA) is 28.7 Å². The molecule has 3 rings (SSSR count). The Labute approximate surface area is 81.6 Å². The van der Waals surface area contributed by atoms with Crippen molar-refractivity contribution in [3.05, 3.63) is 42.2 Å². The number of nitrogens with one attached hydrogen (secondary N) is 1. The van der Waals surface area contributed by atoms with Gasteiger partial charge in [-0.15, -0.1) is 0 Å². The number of H-pyrrole nitrogens is 1. The monoisotopic (exact) mass is 182 g/mol. The fraction of sp³-hybridized carbons (Fsp3) is 0.0833. The van der Waals surface area contributed by atoms with Crippen molar-refractivity contribution in [1.82, 2.24) is 9.97 Å². The molecule has 2 nitrogen and oxygen atoms in total. The molecule has 0 unspecified atom stereocenters. The summed E-state index contributed by atoms with van der Waals surface area (Å²) in [4.78, 5) is 7.61. The van der Waals surface area contributed by atoms with Crippen molar-refractivity contribution < 1.29 is 0 Å².